The van der Waals surface area contributed by atoms with Crippen molar-refractivity contribution in [2.45, 2.75) is 38.6 Å². The van der Waals surface area contributed by atoms with Crippen LogP contribution in [0.4, 0.5) is 0 Å². The van der Waals surface area contributed by atoms with Crippen LogP contribution in [0.2, 0.25) is 5.02 Å². The van der Waals surface area contributed by atoms with E-state index in [1.165, 1.54) is 19.3 Å². The summed E-state index contributed by atoms with van der Waals surface area (Å²) in [5.41, 5.74) is 2.09. The average Bonchev–Trinajstić information content (AvgIpc) is 3.10. The van der Waals surface area contributed by atoms with Crippen molar-refractivity contribution >= 4 is 39.9 Å². The van der Waals surface area contributed by atoms with Gasteiger partial charge in [-0.2, -0.15) is 0 Å². The third kappa shape index (κ3) is 3.71. The molecule has 0 unspecified atom stereocenters. The second kappa shape index (κ2) is 7.76. The van der Waals surface area contributed by atoms with Crippen LogP contribution in [0, 0.1) is 0 Å². The summed E-state index contributed by atoms with van der Waals surface area (Å²) in [6.07, 6.45) is 5.51. The number of rotatable bonds is 3. The van der Waals surface area contributed by atoms with E-state index in [4.69, 9.17) is 16.6 Å². The molecule has 0 bridgehead atoms. The molecule has 4 nitrogen and oxygen atoms in total. The third-order valence-corrected chi connectivity index (χ3v) is 5.29. The summed E-state index contributed by atoms with van der Waals surface area (Å²) >= 11 is 7.62. The average molecular weight is 426 g/mol. The summed E-state index contributed by atoms with van der Waals surface area (Å²) < 4.78 is 2.29. The van der Waals surface area contributed by atoms with E-state index in [2.05, 4.69) is 20.1 Å². The van der Waals surface area contributed by atoms with E-state index >= 15 is 0 Å². The molecule has 7 heteroatoms. The fraction of sp³-hybridized carbons (Fsp3) is 0.353. The maximum Gasteiger partial charge on any atom is 0.139 e. The molecule has 126 valence electrons. The van der Waals surface area contributed by atoms with Crippen molar-refractivity contribution in [3.63, 3.8) is 0 Å². The summed E-state index contributed by atoms with van der Waals surface area (Å²) in [5.74, 6) is 2.17. The van der Waals surface area contributed by atoms with Crippen molar-refractivity contribution < 1.29 is 0 Å². The Balaban J connectivity index is 0.00000169. The van der Waals surface area contributed by atoms with Crippen molar-refractivity contribution in [3.05, 3.63) is 51.3 Å². The Kier molecular flexibility index (Phi) is 5.69. The number of hydrogen-bond donors (Lipinski definition) is 0. The first-order valence-electron chi connectivity index (χ1n) is 7.91. The first-order chi connectivity index (χ1) is 11.3. The zero-order chi connectivity index (χ0) is 15.6. The van der Waals surface area contributed by atoms with E-state index in [1.807, 2.05) is 24.3 Å². The van der Waals surface area contributed by atoms with E-state index in [9.17, 15) is 0 Å². The first-order valence-corrected chi connectivity index (χ1v) is 9.16. The van der Waals surface area contributed by atoms with Crippen molar-refractivity contribution in [2.75, 3.05) is 0 Å². The predicted octanol–water partition coefficient (Wildman–Crippen LogP) is 4.95. The summed E-state index contributed by atoms with van der Waals surface area (Å²) in [7, 11) is 0. The number of hydrogen-bond acceptors (Lipinski definition) is 4. The van der Waals surface area contributed by atoms with Gasteiger partial charge in [-0.05, 0) is 25.0 Å². The number of thiazole rings is 1. The Bertz CT molecular complexity index is 812. The lowest BCUT2D eigenvalue weighted by Crippen LogP contribution is -2.06. The summed E-state index contributed by atoms with van der Waals surface area (Å²) in [4.78, 5) is 4.75. The molecule has 0 amide bonds. The number of fused-ring (bicyclic) bond motifs is 1. The Morgan fingerprint density at radius 3 is 2.75 bits per heavy atom. The van der Waals surface area contributed by atoms with Crippen LogP contribution in [0.25, 0.3) is 11.3 Å². The van der Waals surface area contributed by atoms with Gasteiger partial charge in [0.25, 0.3) is 0 Å². The van der Waals surface area contributed by atoms with E-state index in [0.29, 0.717) is 0 Å². The Morgan fingerprint density at radius 1 is 1.08 bits per heavy atom. The van der Waals surface area contributed by atoms with E-state index < -0.39 is 0 Å². The molecular weight excluding hydrogens is 408 g/mol. The Hall–Kier alpha value is -1.24. The third-order valence-electron chi connectivity index (χ3n) is 4.19. The van der Waals surface area contributed by atoms with Crippen molar-refractivity contribution in [1.82, 2.24) is 19.7 Å². The molecular formula is C17H18BrClN4S. The van der Waals surface area contributed by atoms with Gasteiger partial charge >= 0.3 is 0 Å². The molecule has 3 aromatic rings. The monoisotopic (exact) mass is 424 g/mol. The van der Waals surface area contributed by atoms with Crippen molar-refractivity contribution in [3.8, 4) is 11.3 Å². The minimum atomic E-state index is 0. The van der Waals surface area contributed by atoms with Crippen LogP contribution < -0.4 is 0 Å². The summed E-state index contributed by atoms with van der Waals surface area (Å²) in [6.45, 7) is 1.03. The van der Waals surface area contributed by atoms with Crippen LogP contribution in [-0.4, -0.2) is 19.7 Å². The van der Waals surface area contributed by atoms with Gasteiger partial charge < -0.3 is 4.57 Å². The van der Waals surface area contributed by atoms with Gasteiger partial charge in [0, 0.05) is 28.9 Å². The zero-order valence-corrected chi connectivity index (χ0v) is 16.4. The van der Waals surface area contributed by atoms with Crippen LogP contribution in [0.1, 0.15) is 35.9 Å². The van der Waals surface area contributed by atoms with Gasteiger partial charge in [0.1, 0.15) is 16.7 Å². The molecule has 4 rings (SSSR count). The van der Waals surface area contributed by atoms with Gasteiger partial charge in [-0.15, -0.1) is 38.5 Å². The normalized spacial score (nSPS) is 13.9. The lowest BCUT2D eigenvalue weighted by Gasteiger charge is -2.05. The lowest BCUT2D eigenvalue weighted by molar-refractivity contribution is 0.611. The fourth-order valence-electron chi connectivity index (χ4n) is 2.96. The van der Waals surface area contributed by atoms with Gasteiger partial charge in [0.05, 0.1) is 12.1 Å². The minimum absolute atomic E-state index is 0. The molecule has 0 saturated carbocycles. The molecule has 24 heavy (non-hydrogen) atoms. The molecule has 0 fully saturated rings. The number of aromatic nitrogens is 4. The fourth-order valence-corrected chi connectivity index (χ4v) is 3.88. The molecule has 2 aromatic heterocycles. The second-order valence-corrected chi connectivity index (χ2v) is 7.18. The molecule has 1 aliphatic heterocycles. The highest BCUT2D eigenvalue weighted by Gasteiger charge is 2.16. The van der Waals surface area contributed by atoms with E-state index in [0.717, 1.165) is 52.3 Å². The lowest BCUT2D eigenvalue weighted by atomic mass is 10.2. The maximum atomic E-state index is 5.94. The predicted molar refractivity (Wildman–Crippen MR) is 103 cm³/mol. The SMILES string of the molecule is Br.Clc1ccc(-c2csc(Cc3nnc4n3CCCCC4)n2)cc1. The molecule has 1 aromatic carbocycles. The number of nitrogens with zero attached hydrogens (tertiary/aromatic N) is 4. The number of halogens is 2. The Labute approximate surface area is 160 Å². The zero-order valence-electron chi connectivity index (χ0n) is 13.1. The van der Waals surface area contributed by atoms with Crippen molar-refractivity contribution in [2.24, 2.45) is 0 Å². The highest BCUT2D eigenvalue weighted by molar-refractivity contribution is 8.93. The van der Waals surface area contributed by atoms with Gasteiger partial charge in [-0.3, -0.25) is 0 Å². The molecule has 1 aliphatic rings. The molecule has 3 heterocycles. The van der Waals surface area contributed by atoms with Gasteiger partial charge in [-0.25, -0.2) is 4.98 Å². The number of aryl methyl sites for hydroxylation is 1. The van der Waals surface area contributed by atoms with Crippen LogP contribution in [0.15, 0.2) is 29.6 Å². The highest BCUT2D eigenvalue weighted by Crippen LogP contribution is 2.25. The van der Waals surface area contributed by atoms with E-state index in [1.54, 1.807) is 11.3 Å². The summed E-state index contributed by atoms with van der Waals surface area (Å²) in [5, 5.41) is 12.7. The quantitative estimate of drug-likeness (QED) is 0.596. The van der Waals surface area contributed by atoms with E-state index in [-0.39, 0.29) is 17.0 Å². The van der Waals surface area contributed by atoms with Crippen LogP contribution in [0.3, 0.4) is 0 Å². The van der Waals surface area contributed by atoms with Crippen LogP contribution in [0.5, 0.6) is 0 Å². The summed E-state index contributed by atoms with van der Waals surface area (Å²) in [6, 6.07) is 7.80. The van der Waals surface area contributed by atoms with Gasteiger partial charge in [-0.1, -0.05) is 30.2 Å². The van der Waals surface area contributed by atoms with Crippen molar-refractivity contribution in [1.29, 1.82) is 0 Å². The Morgan fingerprint density at radius 2 is 1.92 bits per heavy atom. The first kappa shape index (κ1) is 17.6. The maximum absolute atomic E-state index is 5.94. The highest BCUT2D eigenvalue weighted by atomic mass is 79.9. The molecule has 0 N–H and O–H groups in total. The molecule has 0 saturated heterocycles. The largest absolute Gasteiger partial charge is 0.315 e. The van der Waals surface area contributed by atoms with Crippen LogP contribution >= 0.6 is 39.9 Å². The second-order valence-electron chi connectivity index (χ2n) is 5.80. The van der Waals surface area contributed by atoms with Gasteiger partial charge in [0.15, 0.2) is 0 Å². The molecule has 0 aliphatic carbocycles. The number of benzene rings is 1. The van der Waals surface area contributed by atoms with Gasteiger partial charge in [0.2, 0.25) is 0 Å². The smallest absolute Gasteiger partial charge is 0.139 e. The molecule has 0 spiro atoms. The minimum Gasteiger partial charge on any atom is -0.315 e. The molecule has 0 radical (unpaired) electrons. The molecule has 0 atom stereocenters. The standard InChI is InChI=1S/C17H17ClN4S.BrH/c18-13-7-5-12(6-8-13)14-11-23-17(19-14)10-16-21-20-15-4-2-1-3-9-22(15)16;/h5-8,11H,1-4,9-10H2;1H. The van der Waals surface area contributed by atoms with Crippen LogP contribution in [-0.2, 0) is 19.4 Å². The topological polar surface area (TPSA) is 43.6 Å².